The lowest BCUT2D eigenvalue weighted by Crippen LogP contribution is -2.40. The van der Waals surface area contributed by atoms with Gasteiger partial charge in [0.2, 0.25) is 0 Å². The molecule has 1 N–H and O–H groups in total. The quantitative estimate of drug-likeness (QED) is 0.866. The van der Waals surface area contributed by atoms with Crippen LogP contribution in [0.5, 0.6) is 0 Å². The van der Waals surface area contributed by atoms with E-state index < -0.39 is 11.7 Å². The normalized spacial score (nSPS) is 21.2. The van der Waals surface area contributed by atoms with Gasteiger partial charge < -0.3 is 9.84 Å². The molecule has 21 heavy (non-hydrogen) atoms. The number of benzene rings is 1. The molecule has 2 atom stereocenters. The highest BCUT2D eigenvalue weighted by Crippen LogP contribution is 2.29. The molecule has 0 saturated carbocycles. The van der Waals surface area contributed by atoms with Crippen molar-refractivity contribution in [1.82, 2.24) is 4.90 Å². The summed E-state index contributed by atoms with van der Waals surface area (Å²) in [4.78, 5) is 14.0. The van der Waals surface area contributed by atoms with Crippen molar-refractivity contribution in [2.45, 2.75) is 51.4 Å². The Balaban J connectivity index is 1.99. The third-order valence-corrected chi connectivity index (χ3v) is 3.67. The largest absolute Gasteiger partial charge is 0.459 e. The first-order valence-electron chi connectivity index (χ1n) is 7.56. The number of carbonyl (C=O) groups is 1. The molecule has 1 fully saturated rings. The molecule has 0 aliphatic carbocycles. The minimum atomic E-state index is -0.559. The summed E-state index contributed by atoms with van der Waals surface area (Å²) in [5.74, 6) is -0.227. The van der Waals surface area contributed by atoms with Gasteiger partial charge in [-0.3, -0.25) is 9.69 Å². The molecule has 0 amide bonds. The van der Waals surface area contributed by atoms with Crippen LogP contribution < -0.4 is 0 Å². The van der Waals surface area contributed by atoms with E-state index in [0.717, 1.165) is 24.9 Å². The Morgan fingerprint density at radius 2 is 2.05 bits per heavy atom. The number of nitrogens with zero attached hydrogens (tertiary/aromatic N) is 1. The van der Waals surface area contributed by atoms with E-state index >= 15 is 0 Å². The summed E-state index contributed by atoms with van der Waals surface area (Å²) >= 11 is 0. The average molecular weight is 291 g/mol. The fourth-order valence-electron chi connectivity index (χ4n) is 2.82. The van der Waals surface area contributed by atoms with Crippen LogP contribution in [0.25, 0.3) is 0 Å². The summed E-state index contributed by atoms with van der Waals surface area (Å²) in [5.41, 5.74) is 0.434. The van der Waals surface area contributed by atoms with E-state index in [-0.39, 0.29) is 18.6 Å². The van der Waals surface area contributed by atoms with Crippen LogP contribution in [0.3, 0.4) is 0 Å². The molecule has 0 aromatic heterocycles. The van der Waals surface area contributed by atoms with Crippen molar-refractivity contribution in [2.24, 2.45) is 0 Å². The van der Waals surface area contributed by atoms with Crippen LogP contribution in [-0.2, 0) is 9.53 Å². The van der Waals surface area contributed by atoms with Gasteiger partial charge in [-0.2, -0.15) is 0 Å². The number of hydrogen-bond donors (Lipinski definition) is 1. The average Bonchev–Trinajstić information content (AvgIpc) is 2.84. The number of rotatable bonds is 4. The lowest BCUT2D eigenvalue weighted by atomic mass is 10.0. The summed E-state index contributed by atoms with van der Waals surface area (Å²) in [6.07, 6.45) is 1.34. The number of ether oxygens (including phenoxy) is 1. The van der Waals surface area contributed by atoms with Crippen molar-refractivity contribution < 1.29 is 14.6 Å². The molecule has 2 rings (SSSR count). The van der Waals surface area contributed by atoms with Crippen molar-refractivity contribution in [1.29, 1.82) is 0 Å². The number of likely N-dealkylation sites (tertiary alicyclic amines) is 1. The van der Waals surface area contributed by atoms with E-state index in [9.17, 15) is 9.90 Å². The number of hydrogen-bond acceptors (Lipinski definition) is 4. The van der Waals surface area contributed by atoms with Gasteiger partial charge in [-0.1, -0.05) is 30.3 Å². The second kappa shape index (κ2) is 6.58. The van der Waals surface area contributed by atoms with E-state index in [2.05, 4.69) is 0 Å². The molecule has 4 heteroatoms. The van der Waals surface area contributed by atoms with Gasteiger partial charge in [0.15, 0.2) is 0 Å². The van der Waals surface area contributed by atoms with Crippen LogP contribution >= 0.6 is 0 Å². The second-order valence-electron chi connectivity index (χ2n) is 6.62. The molecule has 1 saturated heterocycles. The Bertz CT molecular complexity index is 467. The van der Waals surface area contributed by atoms with Gasteiger partial charge in [-0.15, -0.1) is 0 Å². The molecule has 1 heterocycles. The Labute approximate surface area is 126 Å². The van der Waals surface area contributed by atoms with Gasteiger partial charge in [0.1, 0.15) is 5.60 Å². The van der Waals surface area contributed by atoms with Crippen molar-refractivity contribution >= 4 is 5.97 Å². The maximum atomic E-state index is 12.0. The molecule has 1 aliphatic rings. The second-order valence-corrected chi connectivity index (χ2v) is 6.62. The number of aliphatic hydroxyl groups excluding tert-OH is 1. The minimum absolute atomic E-state index is 0.0140. The van der Waals surface area contributed by atoms with Gasteiger partial charge >= 0.3 is 5.97 Å². The number of aliphatic hydroxyl groups is 1. The summed E-state index contributed by atoms with van der Waals surface area (Å²) in [7, 11) is 0. The fourth-order valence-corrected chi connectivity index (χ4v) is 2.82. The summed E-state index contributed by atoms with van der Waals surface area (Å²) < 4.78 is 5.37. The van der Waals surface area contributed by atoms with E-state index in [1.165, 1.54) is 0 Å². The highest BCUT2D eigenvalue weighted by molar-refractivity contribution is 5.72. The van der Waals surface area contributed by atoms with Gasteiger partial charge in [0.25, 0.3) is 0 Å². The summed E-state index contributed by atoms with van der Waals surface area (Å²) in [6, 6.07) is 9.62. The van der Waals surface area contributed by atoms with E-state index in [1.807, 2.05) is 56.0 Å². The number of esters is 1. The zero-order chi connectivity index (χ0) is 15.5. The Kier molecular flexibility index (Phi) is 5.01. The van der Waals surface area contributed by atoms with Crippen LogP contribution in [0.2, 0.25) is 0 Å². The monoisotopic (exact) mass is 291 g/mol. The van der Waals surface area contributed by atoms with E-state index in [1.54, 1.807) is 0 Å². The smallest absolute Gasteiger partial charge is 0.320 e. The molecule has 1 aromatic rings. The molecule has 4 nitrogen and oxygen atoms in total. The van der Waals surface area contributed by atoms with Crippen molar-refractivity contribution in [3.63, 3.8) is 0 Å². The standard InChI is InChI=1S/C17H25NO3/c1-17(2,3)21-15(19)12-18-11-7-10-14(18)16(20)13-8-5-4-6-9-13/h4-6,8-9,14,16,20H,7,10-12H2,1-3H3/t14-,16-/m0/s1. The molecular weight excluding hydrogens is 266 g/mol. The zero-order valence-corrected chi connectivity index (χ0v) is 13.1. The third-order valence-electron chi connectivity index (χ3n) is 3.67. The Morgan fingerprint density at radius 1 is 1.38 bits per heavy atom. The Hall–Kier alpha value is -1.39. The first-order chi connectivity index (χ1) is 9.87. The molecule has 1 aromatic carbocycles. The summed E-state index contributed by atoms with van der Waals surface area (Å²) in [6.45, 7) is 6.67. The van der Waals surface area contributed by atoms with Crippen molar-refractivity contribution in [2.75, 3.05) is 13.1 Å². The highest BCUT2D eigenvalue weighted by atomic mass is 16.6. The topological polar surface area (TPSA) is 49.8 Å². The predicted molar refractivity (Wildman–Crippen MR) is 81.8 cm³/mol. The maximum absolute atomic E-state index is 12.0. The summed E-state index contributed by atoms with van der Waals surface area (Å²) in [5, 5.41) is 10.5. The molecule has 0 radical (unpaired) electrons. The molecule has 0 unspecified atom stereocenters. The highest BCUT2D eigenvalue weighted by Gasteiger charge is 2.33. The third kappa shape index (κ3) is 4.55. The van der Waals surface area contributed by atoms with E-state index in [4.69, 9.17) is 4.74 Å². The van der Waals surface area contributed by atoms with Gasteiger partial charge in [0, 0.05) is 6.04 Å². The SMILES string of the molecule is CC(C)(C)OC(=O)CN1CCC[C@H]1[C@@H](O)c1ccccc1. The lowest BCUT2D eigenvalue weighted by Gasteiger charge is -2.29. The van der Waals surface area contributed by atoms with Crippen molar-refractivity contribution in [3.05, 3.63) is 35.9 Å². The molecule has 1 aliphatic heterocycles. The zero-order valence-electron chi connectivity index (χ0n) is 13.1. The lowest BCUT2D eigenvalue weighted by molar-refractivity contribution is -0.156. The maximum Gasteiger partial charge on any atom is 0.320 e. The number of carbonyl (C=O) groups excluding carboxylic acids is 1. The predicted octanol–water partition coefficient (Wildman–Crippen LogP) is 2.53. The molecule has 0 spiro atoms. The van der Waals surface area contributed by atoms with Crippen LogP contribution in [0.1, 0.15) is 45.3 Å². The van der Waals surface area contributed by atoms with Crippen LogP contribution in [0.15, 0.2) is 30.3 Å². The van der Waals surface area contributed by atoms with E-state index in [0.29, 0.717) is 0 Å². The fraction of sp³-hybridized carbons (Fsp3) is 0.588. The van der Waals surface area contributed by atoms with Crippen molar-refractivity contribution in [3.8, 4) is 0 Å². The van der Waals surface area contributed by atoms with Gasteiger partial charge in [-0.05, 0) is 45.7 Å². The van der Waals surface area contributed by atoms with Crippen LogP contribution in [0, 0.1) is 0 Å². The molecule has 0 bridgehead atoms. The minimum Gasteiger partial charge on any atom is -0.459 e. The first-order valence-corrected chi connectivity index (χ1v) is 7.56. The first kappa shape index (κ1) is 16.0. The van der Waals surface area contributed by atoms with Gasteiger partial charge in [-0.25, -0.2) is 0 Å². The van der Waals surface area contributed by atoms with Crippen LogP contribution in [0.4, 0.5) is 0 Å². The van der Waals surface area contributed by atoms with Gasteiger partial charge in [0.05, 0.1) is 12.6 Å². The van der Waals surface area contributed by atoms with Crippen LogP contribution in [-0.4, -0.2) is 40.7 Å². The Morgan fingerprint density at radius 3 is 2.67 bits per heavy atom. The molecular formula is C17H25NO3. The molecule has 116 valence electrons.